The summed E-state index contributed by atoms with van der Waals surface area (Å²) in [4.78, 5) is 11.8. The van der Waals surface area contributed by atoms with E-state index in [2.05, 4.69) is 0 Å². The minimum atomic E-state index is -0.950. The molecule has 0 unspecified atom stereocenters. The fourth-order valence-electron chi connectivity index (χ4n) is 1.64. The van der Waals surface area contributed by atoms with E-state index in [0.717, 1.165) is 17.9 Å². The molecule has 0 spiro atoms. The number of furan rings is 1. The van der Waals surface area contributed by atoms with Crippen molar-refractivity contribution in [2.24, 2.45) is 0 Å². The van der Waals surface area contributed by atoms with Crippen molar-refractivity contribution in [3.05, 3.63) is 59.1 Å². The maximum atomic E-state index is 13.0. The lowest BCUT2D eigenvalue weighted by Gasteiger charge is -2.00. The molecule has 18 heavy (non-hydrogen) atoms. The van der Waals surface area contributed by atoms with Gasteiger partial charge in [0.1, 0.15) is 5.76 Å². The summed E-state index contributed by atoms with van der Waals surface area (Å²) < 4.78 is 31.0. The van der Waals surface area contributed by atoms with Gasteiger partial charge in [0, 0.05) is 12.8 Å². The Labute approximate surface area is 103 Å². The highest BCUT2D eigenvalue weighted by Gasteiger charge is 2.12. The summed E-state index contributed by atoms with van der Waals surface area (Å²) >= 11 is 0. The van der Waals surface area contributed by atoms with Crippen molar-refractivity contribution in [3.63, 3.8) is 0 Å². The molecule has 0 fully saturated rings. The Morgan fingerprint density at radius 2 is 1.94 bits per heavy atom. The summed E-state index contributed by atoms with van der Waals surface area (Å²) in [6.07, 6.45) is 0.701. The normalized spacial score (nSPS) is 10.6. The molecule has 0 aliphatic carbocycles. The van der Waals surface area contributed by atoms with Gasteiger partial charge in [-0.2, -0.15) is 0 Å². The molecule has 0 bridgehead atoms. The van der Waals surface area contributed by atoms with Crippen LogP contribution in [0.3, 0.4) is 0 Å². The van der Waals surface area contributed by atoms with Gasteiger partial charge in [-0.05, 0) is 29.8 Å². The van der Waals surface area contributed by atoms with E-state index in [1.165, 1.54) is 6.07 Å². The van der Waals surface area contributed by atoms with Crippen molar-refractivity contribution in [1.29, 1.82) is 0 Å². The van der Waals surface area contributed by atoms with Crippen molar-refractivity contribution in [2.75, 3.05) is 0 Å². The third-order valence-corrected chi connectivity index (χ3v) is 2.63. The van der Waals surface area contributed by atoms with Crippen molar-refractivity contribution >= 4 is 5.78 Å². The van der Waals surface area contributed by atoms with Gasteiger partial charge >= 0.3 is 0 Å². The molecule has 0 saturated heterocycles. The summed E-state index contributed by atoms with van der Waals surface area (Å²) in [7, 11) is 0. The van der Waals surface area contributed by atoms with E-state index in [4.69, 9.17) is 4.42 Å². The van der Waals surface area contributed by atoms with E-state index in [0.29, 0.717) is 12.0 Å². The lowest BCUT2D eigenvalue weighted by atomic mass is 10.1. The summed E-state index contributed by atoms with van der Waals surface area (Å²) in [5, 5.41) is 0. The van der Waals surface area contributed by atoms with Crippen molar-refractivity contribution in [2.45, 2.75) is 19.8 Å². The fraction of sp³-hybridized carbons (Fsp3) is 0.214. The molecule has 0 aliphatic rings. The van der Waals surface area contributed by atoms with E-state index >= 15 is 0 Å². The zero-order valence-electron chi connectivity index (χ0n) is 9.87. The van der Waals surface area contributed by atoms with Crippen LogP contribution in [0.2, 0.25) is 0 Å². The van der Waals surface area contributed by atoms with Crippen LogP contribution in [-0.4, -0.2) is 5.78 Å². The Morgan fingerprint density at radius 1 is 1.17 bits per heavy atom. The molecule has 0 saturated carbocycles. The number of benzene rings is 1. The predicted molar refractivity (Wildman–Crippen MR) is 62.5 cm³/mol. The van der Waals surface area contributed by atoms with Crippen LogP contribution in [0.25, 0.3) is 0 Å². The molecule has 94 valence electrons. The number of halogens is 2. The van der Waals surface area contributed by atoms with Crippen LogP contribution in [-0.2, 0) is 12.8 Å². The second-order valence-corrected chi connectivity index (χ2v) is 3.97. The summed E-state index contributed by atoms with van der Waals surface area (Å²) in [6, 6.07) is 6.76. The Kier molecular flexibility index (Phi) is 3.55. The fourth-order valence-corrected chi connectivity index (χ4v) is 1.64. The zero-order valence-corrected chi connectivity index (χ0v) is 9.87. The molecule has 2 aromatic rings. The largest absolute Gasteiger partial charge is 0.458 e. The molecule has 0 aliphatic heterocycles. The second kappa shape index (κ2) is 5.12. The number of hydrogen-bond acceptors (Lipinski definition) is 2. The topological polar surface area (TPSA) is 30.2 Å². The molecule has 0 N–H and O–H groups in total. The third kappa shape index (κ3) is 2.64. The summed E-state index contributed by atoms with van der Waals surface area (Å²) in [5.41, 5.74) is 0.424. The molecule has 0 radical (unpaired) electrons. The average Bonchev–Trinajstić information content (AvgIpc) is 2.82. The number of carbonyl (C=O) groups excluding carboxylic acids is 1. The highest BCUT2D eigenvalue weighted by Crippen LogP contribution is 2.14. The van der Waals surface area contributed by atoms with Crippen molar-refractivity contribution in [3.8, 4) is 0 Å². The first-order chi connectivity index (χ1) is 8.60. The van der Waals surface area contributed by atoms with Crippen LogP contribution in [0, 0.1) is 11.6 Å². The van der Waals surface area contributed by atoms with E-state index in [-0.39, 0.29) is 18.0 Å². The summed E-state index contributed by atoms with van der Waals surface area (Å²) in [6.45, 7) is 1.92. The Bertz CT molecular complexity index is 573. The maximum absolute atomic E-state index is 13.0. The maximum Gasteiger partial charge on any atom is 0.202 e. The number of rotatable bonds is 4. The zero-order chi connectivity index (χ0) is 13.1. The van der Waals surface area contributed by atoms with E-state index < -0.39 is 11.6 Å². The Morgan fingerprint density at radius 3 is 2.56 bits per heavy atom. The van der Waals surface area contributed by atoms with Gasteiger partial charge < -0.3 is 4.42 Å². The van der Waals surface area contributed by atoms with Crippen LogP contribution in [0.5, 0.6) is 0 Å². The number of ketones is 1. The highest BCUT2D eigenvalue weighted by molar-refractivity contribution is 5.95. The van der Waals surface area contributed by atoms with Gasteiger partial charge in [-0.1, -0.05) is 13.0 Å². The van der Waals surface area contributed by atoms with Crippen LogP contribution in [0.4, 0.5) is 8.78 Å². The molecule has 2 rings (SSSR count). The first kappa shape index (κ1) is 12.5. The van der Waals surface area contributed by atoms with Crippen molar-refractivity contribution in [1.82, 2.24) is 0 Å². The molecule has 1 aromatic heterocycles. The number of hydrogen-bond donors (Lipinski definition) is 0. The predicted octanol–water partition coefficient (Wildman–Crippen LogP) is 3.55. The quantitative estimate of drug-likeness (QED) is 0.777. The number of aryl methyl sites for hydroxylation is 1. The van der Waals surface area contributed by atoms with Gasteiger partial charge in [0.25, 0.3) is 0 Å². The van der Waals surface area contributed by atoms with Crippen LogP contribution < -0.4 is 0 Å². The highest BCUT2D eigenvalue weighted by atomic mass is 19.2. The first-order valence-corrected chi connectivity index (χ1v) is 5.66. The molecule has 0 atom stereocenters. The molecule has 1 aromatic carbocycles. The van der Waals surface area contributed by atoms with Crippen LogP contribution >= 0.6 is 0 Å². The standard InChI is InChI=1S/C14H12F2O2/c1-2-10-4-6-14(18-10)13(17)8-9-3-5-11(15)12(16)7-9/h3-7H,2,8H2,1H3. The van der Waals surface area contributed by atoms with Crippen LogP contribution in [0.15, 0.2) is 34.7 Å². The van der Waals surface area contributed by atoms with Gasteiger partial charge in [-0.15, -0.1) is 0 Å². The molecule has 1 heterocycles. The molecule has 2 nitrogen and oxygen atoms in total. The minimum absolute atomic E-state index is 0.00608. The summed E-state index contributed by atoms with van der Waals surface area (Å²) in [5.74, 6) is -1.15. The molecular weight excluding hydrogens is 238 g/mol. The van der Waals surface area contributed by atoms with E-state index in [1.807, 2.05) is 6.92 Å². The Balaban J connectivity index is 2.13. The SMILES string of the molecule is CCc1ccc(C(=O)Cc2ccc(F)c(F)c2)o1. The van der Waals surface area contributed by atoms with Gasteiger partial charge in [0.2, 0.25) is 5.78 Å². The molecular formula is C14H12F2O2. The monoisotopic (exact) mass is 250 g/mol. The first-order valence-electron chi connectivity index (χ1n) is 5.66. The number of carbonyl (C=O) groups is 1. The Hall–Kier alpha value is -1.97. The van der Waals surface area contributed by atoms with E-state index in [1.54, 1.807) is 12.1 Å². The molecule has 4 heteroatoms. The lowest BCUT2D eigenvalue weighted by Crippen LogP contribution is -2.03. The average molecular weight is 250 g/mol. The second-order valence-electron chi connectivity index (χ2n) is 3.97. The van der Waals surface area contributed by atoms with E-state index in [9.17, 15) is 13.6 Å². The van der Waals surface area contributed by atoms with Gasteiger partial charge in [0.05, 0.1) is 0 Å². The lowest BCUT2D eigenvalue weighted by molar-refractivity contribution is 0.0964. The van der Waals surface area contributed by atoms with Gasteiger partial charge in [-0.25, -0.2) is 8.78 Å². The smallest absolute Gasteiger partial charge is 0.202 e. The number of Topliss-reactive ketones (excluding diaryl/α,β-unsaturated/α-hetero) is 1. The minimum Gasteiger partial charge on any atom is -0.458 e. The van der Waals surface area contributed by atoms with Crippen molar-refractivity contribution < 1.29 is 18.0 Å². The van der Waals surface area contributed by atoms with Gasteiger partial charge in [-0.3, -0.25) is 4.79 Å². The molecule has 0 amide bonds. The third-order valence-electron chi connectivity index (χ3n) is 2.63. The van der Waals surface area contributed by atoms with Gasteiger partial charge in [0.15, 0.2) is 17.4 Å². The van der Waals surface area contributed by atoms with Crippen LogP contribution in [0.1, 0.15) is 28.8 Å².